The number of hydrogen-bond donors (Lipinski definition) is 2. The Morgan fingerprint density at radius 3 is 2.83 bits per heavy atom. The average molecular weight is 247 g/mol. The Morgan fingerprint density at radius 2 is 2.11 bits per heavy atom. The van der Waals surface area contributed by atoms with Crippen LogP contribution in [-0.2, 0) is 0 Å². The predicted octanol–water partition coefficient (Wildman–Crippen LogP) is 2.26. The smallest absolute Gasteiger partial charge is 0.125 e. The standard InChI is InChI=1S/C15H21NO2/c1-15(2)14(16-9-12(17)10-7-8-10)11-5-3-4-6-13(11)18-15/h3-6,10,12,14,16-17H,7-9H2,1-2H3. The third kappa shape index (κ3) is 2.13. The number of para-hydroxylation sites is 1. The Bertz CT molecular complexity index is 440. The summed E-state index contributed by atoms with van der Waals surface area (Å²) in [6.45, 7) is 4.83. The lowest BCUT2D eigenvalue weighted by atomic mass is 9.94. The molecular formula is C15H21NO2. The first-order chi connectivity index (χ1) is 8.58. The van der Waals surface area contributed by atoms with Crippen molar-refractivity contribution in [3.8, 4) is 5.75 Å². The molecule has 1 fully saturated rings. The third-order valence-corrected chi connectivity index (χ3v) is 4.00. The molecule has 1 aliphatic heterocycles. The zero-order valence-electron chi connectivity index (χ0n) is 11.0. The van der Waals surface area contributed by atoms with Crippen LogP contribution in [0.1, 0.15) is 38.3 Å². The lowest BCUT2D eigenvalue weighted by Crippen LogP contribution is -2.42. The Balaban J connectivity index is 1.73. The van der Waals surface area contributed by atoms with Gasteiger partial charge in [-0.15, -0.1) is 0 Å². The van der Waals surface area contributed by atoms with E-state index in [-0.39, 0.29) is 17.7 Å². The van der Waals surface area contributed by atoms with E-state index < -0.39 is 0 Å². The van der Waals surface area contributed by atoms with E-state index in [4.69, 9.17) is 4.74 Å². The zero-order chi connectivity index (χ0) is 12.8. The number of aliphatic hydroxyl groups excluding tert-OH is 1. The molecule has 1 aromatic rings. The number of fused-ring (bicyclic) bond motifs is 1. The van der Waals surface area contributed by atoms with Crippen molar-refractivity contribution in [2.24, 2.45) is 5.92 Å². The Morgan fingerprint density at radius 1 is 1.39 bits per heavy atom. The van der Waals surface area contributed by atoms with Crippen LogP contribution in [0.3, 0.4) is 0 Å². The fraction of sp³-hybridized carbons (Fsp3) is 0.600. The van der Waals surface area contributed by atoms with Crippen LogP contribution in [-0.4, -0.2) is 23.4 Å². The van der Waals surface area contributed by atoms with Gasteiger partial charge in [0.25, 0.3) is 0 Å². The fourth-order valence-electron chi connectivity index (χ4n) is 2.77. The Hall–Kier alpha value is -1.06. The van der Waals surface area contributed by atoms with E-state index >= 15 is 0 Å². The summed E-state index contributed by atoms with van der Waals surface area (Å²) in [6.07, 6.45) is 2.13. The van der Waals surface area contributed by atoms with Gasteiger partial charge >= 0.3 is 0 Å². The minimum Gasteiger partial charge on any atom is -0.486 e. The van der Waals surface area contributed by atoms with Gasteiger partial charge in [0.2, 0.25) is 0 Å². The minimum absolute atomic E-state index is 0.155. The van der Waals surface area contributed by atoms with Crippen molar-refractivity contribution in [2.75, 3.05) is 6.54 Å². The van der Waals surface area contributed by atoms with Crippen LogP contribution < -0.4 is 10.1 Å². The maximum atomic E-state index is 9.96. The van der Waals surface area contributed by atoms with Crippen LogP contribution in [0.5, 0.6) is 5.75 Å². The van der Waals surface area contributed by atoms with E-state index in [1.54, 1.807) is 0 Å². The molecule has 3 heteroatoms. The number of nitrogens with one attached hydrogen (secondary N) is 1. The van der Waals surface area contributed by atoms with E-state index in [1.807, 2.05) is 18.2 Å². The van der Waals surface area contributed by atoms with Gasteiger partial charge < -0.3 is 15.2 Å². The summed E-state index contributed by atoms with van der Waals surface area (Å²) in [4.78, 5) is 0. The molecule has 1 aromatic carbocycles. The summed E-state index contributed by atoms with van der Waals surface area (Å²) in [6, 6.07) is 8.30. The highest BCUT2D eigenvalue weighted by Crippen LogP contribution is 2.43. The molecule has 1 saturated carbocycles. The largest absolute Gasteiger partial charge is 0.486 e. The molecule has 18 heavy (non-hydrogen) atoms. The predicted molar refractivity (Wildman–Crippen MR) is 70.6 cm³/mol. The average Bonchev–Trinajstić information content (AvgIpc) is 3.11. The highest BCUT2D eigenvalue weighted by Gasteiger charge is 2.41. The van der Waals surface area contributed by atoms with Gasteiger partial charge in [0.15, 0.2) is 0 Å². The van der Waals surface area contributed by atoms with Gasteiger partial charge in [-0.25, -0.2) is 0 Å². The maximum absolute atomic E-state index is 9.96. The van der Waals surface area contributed by atoms with Gasteiger partial charge in [0, 0.05) is 12.1 Å². The van der Waals surface area contributed by atoms with Gasteiger partial charge in [-0.3, -0.25) is 0 Å². The van der Waals surface area contributed by atoms with Gasteiger partial charge in [0.05, 0.1) is 12.1 Å². The van der Waals surface area contributed by atoms with Crippen molar-refractivity contribution < 1.29 is 9.84 Å². The van der Waals surface area contributed by atoms with E-state index in [9.17, 15) is 5.11 Å². The molecule has 0 saturated heterocycles. The molecule has 0 amide bonds. The lowest BCUT2D eigenvalue weighted by molar-refractivity contribution is 0.0819. The molecule has 0 spiro atoms. The summed E-state index contributed by atoms with van der Waals surface area (Å²) >= 11 is 0. The normalized spacial score (nSPS) is 26.5. The topological polar surface area (TPSA) is 41.5 Å². The first-order valence-electron chi connectivity index (χ1n) is 6.77. The molecule has 2 aliphatic rings. The minimum atomic E-state index is -0.257. The molecule has 0 bridgehead atoms. The van der Waals surface area contributed by atoms with E-state index in [1.165, 1.54) is 18.4 Å². The molecule has 2 N–H and O–H groups in total. The number of aliphatic hydroxyl groups is 1. The fourth-order valence-corrected chi connectivity index (χ4v) is 2.77. The van der Waals surface area contributed by atoms with E-state index in [0.717, 1.165) is 5.75 Å². The van der Waals surface area contributed by atoms with Gasteiger partial charge in [-0.1, -0.05) is 18.2 Å². The van der Waals surface area contributed by atoms with Crippen LogP contribution >= 0.6 is 0 Å². The van der Waals surface area contributed by atoms with E-state index in [2.05, 4.69) is 25.2 Å². The van der Waals surface area contributed by atoms with Crippen molar-refractivity contribution in [2.45, 2.75) is 44.4 Å². The van der Waals surface area contributed by atoms with Crippen LogP contribution in [0.2, 0.25) is 0 Å². The summed E-state index contributed by atoms with van der Waals surface area (Å²) < 4.78 is 5.97. The van der Waals surface area contributed by atoms with Gasteiger partial charge in [-0.2, -0.15) is 0 Å². The SMILES string of the molecule is CC1(C)Oc2ccccc2C1NCC(O)C1CC1. The second-order valence-corrected chi connectivity index (χ2v) is 5.99. The molecule has 98 valence electrons. The highest BCUT2D eigenvalue weighted by molar-refractivity contribution is 5.42. The lowest BCUT2D eigenvalue weighted by Gasteiger charge is -2.28. The number of ether oxygens (including phenoxy) is 1. The molecule has 0 radical (unpaired) electrons. The van der Waals surface area contributed by atoms with Crippen LogP contribution in [0.4, 0.5) is 0 Å². The summed E-state index contributed by atoms with van der Waals surface area (Å²) in [5.41, 5.74) is 0.943. The summed E-state index contributed by atoms with van der Waals surface area (Å²) in [5.74, 6) is 1.47. The molecule has 3 rings (SSSR count). The number of hydrogen-bond acceptors (Lipinski definition) is 3. The highest BCUT2D eigenvalue weighted by atomic mass is 16.5. The quantitative estimate of drug-likeness (QED) is 0.857. The Labute approximate surface area is 108 Å². The van der Waals surface area contributed by atoms with Crippen molar-refractivity contribution in [1.82, 2.24) is 5.32 Å². The molecule has 1 aliphatic carbocycles. The van der Waals surface area contributed by atoms with Crippen molar-refractivity contribution in [1.29, 1.82) is 0 Å². The van der Waals surface area contributed by atoms with Crippen LogP contribution in [0.15, 0.2) is 24.3 Å². The zero-order valence-corrected chi connectivity index (χ0v) is 11.0. The monoisotopic (exact) mass is 247 g/mol. The first-order valence-corrected chi connectivity index (χ1v) is 6.77. The van der Waals surface area contributed by atoms with Crippen molar-refractivity contribution >= 4 is 0 Å². The van der Waals surface area contributed by atoms with Crippen molar-refractivity contribution in [3.05, 3.63) is 29.8 Å². The molecule has 2 atom stereocenters. The number of benzene rings is 1. The third-order valence-electron chi connectivity index (χ3n) is 4.00. The second-order valence-electron chi connectivity index (χ2n) is 5.99. The summed E-state index contributed by atoms with van der Waals surface area (Å²) in [5, 5.41) is 13.4. The molecule has 1 heterocycles. The molecule has 2 unspecified atom stereocenters. The molecule has 3 nitrogen and oxygen atoms in total. The van der Waals surface area contributed by atoms with Crippen molar-refractivity contribution in [3.63, 3.8) is 0 Å². The van der Waals surface area contributed by atoms with Gasteiger partial charge in [-0.05, 0) is 38.7 Å². The molecule has 0 aromatic heterocycles. The van der Waals surface area contributed by atoms with Gasteiger partial charge in [0.1, 0.15) is 11.4 Å². The van der Waals surface area contributed by atoms with E-state index in [0.29, 0.717) is 12.5 Å². The number of rotatable bonds is 4. The second kappa shape index (κ2) is 4.25. The summed E-state index contributed by atoms with van der Waals surface area (Å²) in [7, 11) is 0. The van der Waals surface area contributed by atoms with Crippen LogP contribution in [0.25, 0.3) is 0 Å². The Kier molecular flexibility index (Phi) is 2.83. The maximum Gasteiger partial charge on any atom is 0.125 e. The first kappa shape index (κ1) is 12.0. The van der Waals surface area contributed by atoms with Crippen LogP contribution in [0, 0.1) is 5.92 Å². The molecular weight excluding hydrogens is 226 g/mol.